The number of carboxylic acids is 1. The van der Waals surface area contributed by atoms with Crippen LogP contribution in [0.2, 0.25) is 0 Å². The Balaban J connectivity index is 2.63. The zero-order chi connectivity index (χ0) is 15.2. The van der Waals surface area contributed by atoms with Crippen LogP contribution in [0.4, 0.5) is 0 Å². The molecule has 2 unspecified atom stereocenters. The second-order valence-corrected chi connectivity index (χ2v) is 5.16. The molecule has 0 aliphatic heterocycles. The first-order chi connectivity index (χ1) is 9.35. The molecule has 0 saturated heterocycles. The number of carboxylic acid groups (broad SMARTS) is 1. The van der Waals surface area contributed by atoms with E-state index in [9.17, 15) is 14.7 Å². The summed E-state index contributed by atoms with van der Waals surface area (Å²) in [6.45, 7) is 3.22. The van der Waals surface area contributed by atoms with Crippen molar-refractivity contribution in [3.05, 3.63) is 35.9 Å². The molecule has 110 valence electrons. The molecule has 1 amide bonds. The number of amides is 1. The first-order valence-electron chi connectivity index (χ1n) is 6.62. The Kier molecular flexibility index (Phi) is 5.70. The topological polar surface area (TPSA) is 86.6 Å². The molecule has 0 bridgehead atoms. The second kappa shape index (κ2) is 7.05. The molecule has 0 aliphatic carbocycles. The maximum absolute atomic E-state index is 12.1. The lowest BCUT2D eigenvalue weighted by atomic mass is 9.95. The third-order valence-electron chi connectivity index (χ3n) is 3.10. The van der Waals surface area contributed by atoms with Crippen LogP contribution in [0.3, 0.4) is 0 Å². The summed E-state index contributed by atoms with van der Waals surface area (Å²) in [5, 5.41) is 21.2. The van der Waals surface area contributed by atoms with E-state index in [-0.39, 0.29) is 18.4 Å². The van der Waals surface area contributed by atoms with Gasteiger partial charge < -0.3 is 15.5 Å². The Hall–Kier alpha value is -1.88. The first kappa shape index (κ1) is 16.2. The summed E-state index contributed by atoms with van der Waals surface area (Å²) >= 11 is 0. The Morgan fingerprint density at radius 3 is 2.40 bits per heavy atom. The van der Waals surface area contributed by atoms with Gasteiger partial charge in [-0.15, -0.1) is 0 Å². The molecule has 0 spiro atoms. The lowest BCUT2D eigenvalue weighted by Crippen LogP contribution is -2.43. The normalized spacial score (nSPS) is 15.2. The van der Waals surface area contributed by atoms with Crippen molar-refractivity contribution in [2.75, 3.05) is 6.54 Å². The van der Waals surface area contributed by atoms with E-state index in [2.05, 4.69) is 5.32 Å². The van der Waals surface area contributed by atoms with Gasteiger partial charge in [-0.05, 0) is 18.9 Å². The number of hydrogen-bond donors (Lipinski definition) is 3. The van der Waals surface area contributed by atoms with Crippen molar-refractivity contribution in [2.45, 2.75) is 38.2 Å². The Morgan fingerprint density at radius 1 is 1.30 bits per heavy atom. The average molecular weight is 279 g/mol. The van der Waals surface area contributed by atoms with Crippen LogP contribution in [0, 0.1) is 0 Å². The molecule has 2 atom stereocenters. The van der Waals surface area contributed by atoms with Crippen molar-refractivity contribution in [3.8, 4) is 0 Å². The summed E-state index contributed by atoms with van der Waals surface area (Å²) in [6, 6.07) is 9.37. The summed E-state index contributed by atoms with van der Waals surface area (Å²) in [6.07, 6.45) is 0.229. The maximum atomic E-state index is 12.1. The van der Waals surface area contributed by atoms with Crippen LogP contribution in [-0.4, -0.2) is 34.2 Å². The van der Waals surface area contributed by atoms with E-state index in [4.69, 9.17) is 5.11 Å². The molecule has 0 heterocycles. The highest BCUT2D eigenvalue weighted by atomic mass is 16.4. The minimum Gasteiger partial charge on any atom is -0.481 e. The van der Waals surface area contributed by atoms with Crippen molar-refractivity contribution in [1.82, 2.24) is 5.32 Å². The van der Waals surface area contributed by atoms with Gasteiger partial charge in [-0.2, -0.15) is 0 Å². The summed E-state index contributed by atoms with van der Waals surface area (Å²) < 4.78 is 0. The van der Waals surface area contributed by atoms with E-state index in [1.165, 1.54) is 6.92 Å². The van der Waals surface area contributed by atoms with Crippen molar-refractivity contribution in [3.63, 3.8) is 0 Å². The SMILES string of the molecule is CCC(C(=O)NCC(C)(O)CC(=O)O)c1ccccc1. The number of aliphatic hydroxyl groups is 1. The standard InChI is InChI=1S/C15H21NO4/c1-3-12(11-7-5-4-6-8-11)14(19)16-10-15(2,20)9-13(17)18/h4-8,12,20H,3,9-10H2,1-2H3,(H,16,19)(H,17,18). The highest BCUT2D eigenvalue weighted by Crippen LogP contribution is 2.19. The predicted molar refractivity (Wildman–Crippen MR) is 75.4 cm³/mol. The maximum Gasteiger partial charge on any atom is 0.306 e. The van der Waals surface area contributed by atoms with E-state index in [0.717, 1.165) is 5.56 Å². The van der Waals surface area contributed by atoms with Gasteiger partial charge in [0.05, 0.1) is 17.9 Å². The molecule has 1 aromatic rings. The van der Waals surface area contributed by atoms with Crippen LogP contribution in [0.1, 0.15) is 38.2 Å². The largest absolute Gasteiger partial charge is 0.481 e. The fourth-order valence-corrected chi connectivity index (χ4v) is 2.05. The molecule has 20 heavy (non-hydrogen) atoms. The third kappa shape index (κ3) is 5.01. The van der Waals surface area contributed by atoms with E-state index in [1.807, 2.05) is 37.3 Å². The van der Waals surface area contributed by atoms with Gasteiger partial charge in [0, 0.05) is 6.54 Å². The highest BCUT2D eigenvalue weighted by molar-refractivity contribution is 5.83. The van der Waals surface area contributed by atoms with E-state index in [0.29, 0.717) is 6.42 Å². The van der Waals surface area contributed by atoms with Gasteiger partial charge in [-0.3, -0.25) is 9.59 Å². The summed E-state index contributed by atoms with van der Waals surface area (Å²) in [4.78, 5) is 22.7. The molecule has 0 aromatic heterocycles. The van der Waals surface area contributed by atoms with Gasteiger partial charge >= 0.3 is 5.97 Å². The number of rotatable bonds is 7. The number of carbonyl (C=O) groups is 2. The van der Waals surface area contributed by atoms with Gasteiger partial charge in [0.1, 0.15) is 0 Å². The number of benzene rings is 1. The summed E-state index contributed by atoms with van der Waals surface area (Å²) in [7, 11) is 0. The van der Waals surface area contributed by atoms with Crippen LogP contribution in [0.5, 0.6) is 0 Å². The monoisotopic (exact) mass is 279 g/mol. The minimum atomic E-state index is -1.45. The predicted octanol–water partition coefficient (Wildman–Crippen LogP) is 1.52. The van der Waals surface area contributed by atoms with E-state index >= 15 is 0 Å². The van der Waals surface area contributed by atoms with Gasteiger partial charge in [0.15, 0.2) is 0 Å². The van der Waals surface area contributed by atoms with Crippen LogP contribution in [-0.2, 0) is 9.59 Å². The van der Waals surface area contributed by atoms with E-state index < -0.39 is 18.0 Å². The molecule has 1 rings (SSSR count). The highest BCUT2D eigenvalue weighted by Gasteiger charge is 2.26. The Morgan fingerprint density at radius 2 is 1.90 bits per heavy atom. The van der Waals surface area contributed by atoms with Gasteiger partial charge in [0.25, 0.3) is 0 Å². The first-order valence-corrected chi connectivity index (χ1v) is 6.62. The number of aliphatic carboxylic acids is 1. The van der Waals surface area contributed by atoms with Crippen LogP contribution in [0.25, 0.3) is 0 Å². The van der Waals surface area contributed by atoms with Crippen LogP contribution < -0.4 is 5.32 Å². The molecule has 0 radical (unpaired) electrons. The molecule has 5 heteroatoms. The molecule has 1 aromatic carbocycles. The Labute approximate surface area is 118 Å². The lowest BCUT2D eigenvalue weighted by Gasteiger charge is -2.23. The molecule has 0 aliphatic rings. The quantitative estimate of drug-likeness (QED) is 0.706. The number of carbonyl (C=O) groups excluding carboxylic acids is 1. The molecule has 0 saturated carbocycles. The van der Waals surface area contributed by atoms with Gasteiger partial charge in [0.2, 0.25) is 5.91 Å². The molecule has 3 N–H and O–H groups in total. The second-order valence-electron chi connectivity index (χ2n) is 5.16. The smallest absolute Gasteiger partial charge is 0.306 e. The summed E-state index contributed by atoms with van der Waals surface area (Å²) in [5.74, 6) is -1.60. The summed E-state index contributed by atoms with van der Waals surface area (Å²) in [5.41, 5.74) is -0.540. The van der Waals surface area contributed by atoms with Crippen molar-refractivity contribution >= 4 is 11.9 Å². The van der Waals surface area contributed by atoms with Crippen molar-refractivity contribution in [2.24, 2.45) is 0 Å². The van der Waals surface area contributed by atoms with Crippen molar-refractivity contribution < 1.29 is 19.8 Å². The zero-order valence-corrected chi connectivity index (χ0v) is 11.8. The van der Waals surface area contributed by atoms with Gasteiger partial charge in [-0.25, -0.2) is 0 Å². The number of nitrogens with one attached hydrogen (secondary N) is 1. The molecular weight excluding hydrogens is 258 g/mol. The van der Waals surface area contributed by atoms with Crippen LogP contribution >= 0.6 is 0 Å². The minimum absolute atomic E-state index is 0.0819. The number of hydrogen-bond acceptors (Lipinski definition) is 3. The fraction of sp³-hybridized carbons (Fsp3) is 0.467. The molecular formula is C15H21NO4. The lowest BCUT2D eigenvalue weighted by molar-refractivity contribution is -0.142. The van der Waals surface area contributed by atoms with Crippen molar-refractivity contribution in [1.29, 1.82) is 0 Å². The van der Waals surface area contributed by atoms with E-state index in [1.54, 1.807) is 0 Å². The molecule has 5 nitrogen and oxygen atoms in total. The fourth-order valence-electron chi connectivity index (χ4n) is 2.05. The Bertz CT molecular complexity index is 456. The third-order valence-corrected chi connectivity index (χ3v) is 3.10. The average Bonchev–Trinajstić information content (AvgIpc) is 2.37. The zero-order valence-electron chi connectivity index (χ0n) is 11.8. The van der Waals surface area contributed by atoms with Crippen LogP contribution in [0.15, 0.2) is 30.3 Å². The molecule has 0 fully saturated rings. The van der Waals surface area contributed by atoms with Gasteiger partial charge in [-0.1, -0.05) is 37.3 Å².